The van der Waals surface area contributed by atoms with E-state index < -0.39 is 9.96 Å². The van der Waals surface area contributed by atoms with Crippen LogP contribution in [0.4, 0.5) is 5.13 Å². The van der Waals surface area contributed by atoms with Gasteiger partial charge >= 0.3 is 0 Å². The Morgan fingerprint density at radius 2 is 1.60 bits per heavy atom. The number of nitrogens with one attached hydrogen (secondary N) is 2. The van der Waals surface area contributed by atoms with Crippen LogP contribution < -0.4 is 10.6 Å². The Balaban J connectivity index is 1.57. The molecule has 0 spiro atoms. The largest absolute Gasteiger partial charge is 0.336 e. The van der Waals surface area contributed by atoms with E-state index in [2.05, 4.69) is 20.8 Å². The molecule has 9 heteroatoms. The zero-order valence-electron chi connectivity index (χ0n) is 15.4. The van der Waals surface area contributed by atoms with Crippen LogP contribution in [0.3, 0.4) is 0 Å². The minimum absolute atomic E-state index is 0.372. The van der Waals surface area contributed by atoms with Gasteiger partial charge in [-0.2, -0.15) is 0 Å². The molecule has 5 nitrogen and oxygen atoms in total. The summed E-state index contributed by atoms with van der Waals surface area (Å²) < 4.78 is -1.82. The molecular formula is C21H15Cl3N4OS. The Bertz CT molecular complexity index is 1170. The molecule has 30 heavy (non-hydrogen) atoms. The lowest BCUT2D eigenvalue weighted by molar-refractivity contribution is 0.0943. The van der Waals surface area contributed by atoms with Crippen LogP contribution >= 0.6 is 46.1 Å². The van der Waals surface area contributed by atoms with Gasteiger partial charge in [-0.15, -0.1) is 10.2 Å². The lowest BCUT2D eigenvalue weighted by Crippen LogP contribution is -2.49. The van der Waals surface area contributed by atoms with Crippen molar-refractivity contribution in [2.75, 3.05) is 5.32 Å². The zero-order chi connectivity index (χ0) is 21.1. The maximum atomic E-state index is 13.0. The molecule has 0 aliphatic rings. The molecule has 0 fully saturated rings. The summed E-state index contributed by atoms with van der Waals surface area (Å²) in [5, 5.41) is 16.9. The summed E-state index contributed by atoms with van der Waals surface area (Å²) in [6.07, 6.45) is -1.02. The third-order valence-corrected chi connectivity index (χ3v) is 5.91. The van der Waals surface area contributed by atoms with E-state index in [0.717, 1.165) is 16.3 Å². The van der Waals surface area contributed by atoms with Crippen molar-refractivity contribution in [3.05, 3.63) is 78.4 Å². The highest BCUT2D eigenvalue weighted by molar-refractivity contribution is 7.18. The Kier molecular flexibility index (Phi) is 6.11. The molecule has 1 atom stereocenters. The second-order valence-electron chi connectivity index (χ2n) is 6.40. The molecule has 0 aliphatic heterocycles. The lowest BCUT2D eigenvalue weighted by atomic mass is 10.0. The second kappa shape index (κ2) is 8.78. The molecule has 0 saturated heterocycles. The minimum Gasteiger partial charge on any atom is -0.336 e. The maximum absolute atomic E-state index is 13.0. The van der Waals surface area contributed by atoms with Gasteiger partial charge in [0.1, 0.15) is 11.2 Å². The Labute approximate surface area is 192 Å². The van der Waals surface area contributed by atoms with E-state index in [4.69, 9.17) is 34.8 Å². The number of hydrogen-bond acceptors (Lipinski definition) is 5. The van der Waals surface area contributed by atoms with Crippen molar-refractivity contribution in [3.8, 4) is 10.6 Å². The van der Waals surface area contributed by atoms with E-state index in [9.17, 15) is 4.79 Å². The van der Waals surface area contributed by atoms with Crippen molar-refractivity contribution in [3.63, 3.8) is 0 Å². The standard InChI is InChI=1S/C21H15Cl3N4OS/c22-21(23,24)19(26-20-28-27-18(30-20)14-8-2-1-3-9-14)25-17(29)16-12-6-10-13-7-4-5-11-15(13)16/h1-12,19H,(H,25,29)(H,26,28). The summed E-state index contributed by atoms with van der Waals surface area (Å²) in [6.45, 7) is 0. The normalized spacial score (nSPS) is 12.5. The number of nitrogens with zero attached hydrogens (tertiary/aromatic N) is 2. The van der Waals surface area contributed by atoms with E-state index >= 15 is 0 Å². The number of rotatable bonds is 5. The summed E-state index contributed by atoms with van der Waals surface area (Å²) in [5.41, 5.74) is 1.41. The fraction of sp³-hybridized carbons (Fsp3) is 0.0952. The third-order valence-electron chi connectivity index (χ3n) is 4.35. The first-order valence-electron chi connectivity index (χ1n) is 8.92. The van der Waals surface area contributed by atoms with Crippen LogP contribution in [-0.4, -0.2) is 26.1 Å². The van der Waals surface area contributed by atoms with Gasteiger partial charge in [0.15, 0.2) is 0 Å². The van der Waals surface area contributed by atoms with Crippen LogP contribution in [0.1, 0.15) is 10.4 Å². The van der Waals surface area contributed by atoms with E-state index in [-0.39, 0.29) is 5.91 Å². The minimum atomic E-state index is -1.82. The summed E-state index contributed by atoms with van der Waals surface area (Å²) >= 11 is 19.7. The molecule has 1 heterocycles. The third kappa shape index (κ3) is 4.68. The van der Waals surface area contributed by atoms with Gasteiger partial charge in [0, 0.05) is 11.1 Å². The summed E-state index contributed by atoms with van der Waals surface area (Å²) in [4.78, 5) is 13.0. The number of carbonyl (C=O) groups is 1. The van der Waals surface area contributed by atoms with Crippen LogP contribution in [0.25, 0.3) is 21.3 Å². The molecule has 0 bridgehead atoms. The molecule has 0 radical (unpaired) electrons. The maximum Gasteiger partial charge on any atom is 0.253 e. The average Bonchev–Trinajstić information content (AvgIpc) is 3.21. The van der Waals surface area contributed by atoms with E-state index in [1.807, 2.05) is 66.7 Å². The van der Waals surface area contributed by atoms with Crippen LogP contribution in [0.15, 0.2) is 72.8 Å². The molecule has 1 aromatic heterocycles. The fourth-order valence-corrected chi connectivity index (χ4v) is 4.04. The van der Waals surface area contributed by atoms with E-state index in [1.54, 1.807) is 6.07 Å². The van der Waals surface area contributed by atoms with Crippen LogP contribution in [-0.2, 0) is 0 Å². The molecular weight excluding hydrogens is 463 g/mol. The first-order chi connectivity index (χ1) is 14.4. The number of benzene rings is 3. The van der Waals surface area contributed by atoms with Gasteiger partial charge in [-0.25, -0.2) is 0 Å². The predicted molar refractivity (Wildman–Crippen MR) is 124 cm³/mol. The molecule has 3 aromatic carbocycles. The fourth-order valence-electron chi connectivity index (χ4n) is 2.93. The van der Waals surface area contributed by atoms with Gasteiger partial charge in [-0.3, -0.25) is 4.79 Å². The number of hydrogen-bond donors (Lipinski definition) is 2. The number of alkyl halides is 3. The number of fused-ring (bicyclic) bond motifs is 1. The second-order valence-corrected chi connectivity index (χ2v) is 9.74. The van der Waals surface area contributed by atoms with Crippen molar-refractivity contribution >= 4 is 68.0 Å². The SMILES string of the molecule is O=C(NC(Nc1nnc(-c2ccccc2)s1)C(Cl)(Cl)Cl)c1cccc2ccccc12. The summed E-state index contributed by atoms with van der Waals surface area (Å²) in [6, 6.07) is 22.7. The topological polar surface area (TPSA) is 66.9 Å². The first-order valence-corrected chi connectivity index (χ1v) is 10.9. The van der Waals surface area contributed by atoms with Gasteiger partial charge in [-0.05, 0) is 16.8 Å². The molecule has 1 amide bonds. The Morgan fingerprint density at radius 1 is 0.900 bits per heavy atom. The Morgan fingerprint density at radius 3 is 2.37 bits per heavy atom. The van der Waals surface area contributed by atoms with Crippen LogP contribution in [0.5, 0.6) is 0 Å². The average molecular weight is 478 g/mol. The highest BCUT2D eigenvalue weighted by atomic mass is 35.6. The summed E-state index contributed by atoms with van der Waals surface area (Å²) in [5.74, 6) is -0.372. The van der Waals surface area contributed by atoms with E-state index in [1.165, 1.54) is 11.3 Å². The highest BCUT2D eigenvalue weighted by Crippen LogP contribution is 2.33. The molecule has 152 valence electrons. The van der Waals surface area contributed by atoms with Crippen LogP contribution in [0, 0.1) is 0 Å². The van der Waals surface area contributed by atoms with Gasteiger partial charge in [0.05, 0.1) is 0 Å². The molecule has 1 unspecified atom stereocenters. The quantitative estimate of drug-likeness (QED) is 0.277. The van der Waals surface area contributed by atoms with Crippen molar-refractivity contribution < 1.29 is 4.79 Å². The highest BCUT2D eigenvalue weighted by Gasteiger charge is 2.35. The number of halogens is 3. The van der Waals surface area contributed by atoms with Gasteiger partial charge < -0.3 is 10.6 Å². The Hall–Kier alpha value is -2.38. The smallest absolute Gasteiger partial charge is 0.253 e. The van der Waals surface area contributed by atoms with Gasteiger partial charge in [-0.1, -0.05) is 113 Å². The lowest BCUT2D eigenvalue weighted by Gasteiger charge is -2.26. The molecule has 4 aromatic rings. The number of aromatic nitrogens is 2. The van der Waals surface area contributed by atoms with Crippen molar-refractivity contribution in [2.24, 2.45) is 0 Å². The first kappa shape index (κ1) is 20.9. The number of carbonyl (C=O) groups excluding carboxylic acids is 1. The van der Waals surface area contributed by atoms with Gasteiger partial charge in [0.2, 0.25) is 8.92 Å². The summed E-state index contributed by atoms with van der Waals surface area (Å²) in [7, 11) is 0. The molecule has 0 aliphatic carbocycles. The zero-order valence-corrected chi connectivity index (χ0v) is 18.4. The van der Waals surface area contributed by atoms with Crippen molar-refractivity contribution in [1.82, 2.24) is 15.5 Å². The van der Waals surface area contributed by atoms with E-state index in [0.29, 0.717) is 15.7 Å². The van der Waals surface area contributed by atoms with Crippen LogP contribution in [0.2, 0.25) is 0 Å². The number of amides is 1. The number of anilines is 1. The van der Waals surface area contributed by atoms with Crippen molar-refractivity contribution in [2.45, 2.75) is 9.96 Å². The molecule has 0 saturated carbocycles. The monoisotopic (exact) mass is 476 g/mol. The van der Waals surface area contributed by atoms with Crippen molar-refractivity contribution in [1.29, 1.82) is 0 Å². The van der Waals surface area contributed by atoms with Gasteiger partial charge in [0.25, 0.3) is 5.91 Å². The predicted octanol–water partition coefficient (Wildman–Crippen LogP) is 5.90. The molecule has 2 N–H and O–H groups in total. The molecule has 4 rings (SSSR count).